The van der Waals surface area contributed by atoms with Gasteiger partial charge in [-0.05, 0) is 35.0 Å². The van der Waals surface area contributed by atoms with E-state index in [0.717, 1.165) is 35.4 Å². The highest BCUT2D eigenvalue weighted by Crippen LogP contribution is 2.22. The number of nitrogens with one attached hydrogen (secondary N) is 1. The number of fused-ring (bicyclic) bond motifs is 1. The lowest BCUT2D eigenvalue weighted by Gasteiger charge is -2.31. The van der Waals surface area contributed by atoms with E-state index >= 15 is 0 Å². The quantitative estimate of drug-likeness (QED) is 0.730. The van der Waals surface area contributed by atoms with Gasteiger partial charge in [0.15, 0.2) is 0 Å². The number of rotatable bonds is 4. The predicted octanol–water partition coefficient (Wildman–Crippen LogP) is 2.58. The molecule has 27 heavy (non-hydrogen) atoms. The van der Waals surface area contributed by atoms with Crippen LogP contribution in [0.15, 0.2) is 71.6 Å². The van der Waals surface area contributed by atoms with E-state index in [2.05, 4.69) is 0 Å². The van der Waals surface area contributed by atoms with Crippen LogP contribution in [0.2, 0.25) is 5.02 Å². The minimum Gasteiger partial charge on any atom is -0.329 e. The highest BCUT2D eigenvalue weighted by Gasteiger charge is 2.30. The summed E-state index contributed by atoms with van der Waals surface area (Å²) in [6.07, 6.45) is 0. The third-order valence-electron chi connectivity index (χ3n) is 5.16. The molecular weight excluding hydrogens is 380 g/mol. The second-order valence-electron chi connectivity index (χ2n) is 6.97. The van der Waals surface area contributed by atoms with Crippen molar-refractivity contribution in [3.63, 3.8) is 0 Å². The molecule has 0 amide bonds. The van der Waals surface area contributed by atoms with E-state index in [1.165, 1.54) is 10.5 Å². The molecule has 6 heteroatoms. The zero-order chi connectivity index (χ0) is 18.9. The molecule has 1 aliphatic heterocycles. The summed E-state index contributed by atoms with van der Waals surface area (Å²) in [7, 11) is -3.45. The van der Waals surface area contributed by atoms with E-state index in [0.29, 0.717) is 18.0 Å². The lowest BCUT2D eigenvalue weighted by molar-refractivity contribution is -0.917. The number of piperazine rings is 1. The molecule has 0 saturated carbocycles. The third-order valence-corrected chi connectivity index (χ3v) is 7.30. The van der Waals surface area contributed by atoms with Crippen molar-refractivity contribution in [1.29, 1.82) is 0 Å². The Kier molecular flexibility index (Phi) is 5.19. The van der Waals surface area contributed by atoms with Gasteiger partial charge in [0, 0.05) is 10.6 Å². The van der Waals surface area contributed by atoms with Crippen LogP contribution in [-0.2, 0) is 16.6 Å². The van der Waals surface area contributed by atoms with Crippen LogP contribution in [-0.4, -0.2) is 38.9 Å². The van der Waals surface area contributed by atoms with Crippen molar-refractivity contribution in [2.45, 2.75) is 11.4 Å². The molecule has 3 aromatic rings. The van der Waals surface area contributed by atoms with Crippen molar-refractivity contribution in [2.24, 2.45) is 0 Å². The summed E-state index contributed by atoms with van der Waals surface area (Å²) in [6, 6.07) is 21.1. The standard InChI is InChI=1S/C21H21ClN2O2S/c22-20-8-5-17(6-9-20)16-23-11-13-24(14-12-23)27(25,26)21-10-7-18-3-1-2-4-19(18)15-21/h1-10,15H,11-14,16H2/p+1. The minimum atomic E-state index is -3.45. The fraction of sp³-hybridized carbons (Fsp3) is 0.238. The van der Waals surface area contributed by atoms with Gasteiger partial charge >= 0.3 is 0 Å². The molecule has 0 radical (unpaired) electrons. The fourth-order valence-electron chi connectivity index (χ4n) is 3.59. The largest absolute Gasteiger partial charge is 0.329 e. The monoisotopic (exact) mass is 401 g/mol. The highest BCUT2D eigenvalue weighted by molar-refractivity contribution is 7.89. The van der Waals surface area contributed by atoms with Crippen molar-refractivity contribution in [3.8, 4) is 0 Å². The van der Waals surface area contributed by atoms with Crippen LogP contribution in [0.4, 0.5) is 0 Å². The molecule has 4 rings (SSSR count). The van der Waals surface area contributed by atoms with Crippen molar-refractivity contribution in [1.82, 2.24) is 4.31 Å². The molecule has 4 nitrogen and oxygen atoms in total. The zero-order valence-electron chi connectivity index (χ0n) is 14.9. The number of halogens is 1. The third kappa shape index (κ3) is 4.01. The van der Waals surface area contributed by atoms with E-state index in [1.807, 2.05) is 54.6 Å². The maximum Gasteiger partial charge on any atom is 0.243 e. The van der Waals surface area contributed by atoms with Gasteiger partial charge in [0.2, 0.25) is 10.0 Å². The van der Waals surface area contributed by atoms with Crippen LogP contribution < -0.4 is 4.90 Å². The van der Waals surface area contributed by atoms with E-state index in [9.17, 15) is 8.42 Å². The summed E-state index contributed by atoms with van der Waals surface area (Å²) >= 11 is 5.94. The molecule has 0 aliphatic carbocycles. The summed E-state index contributed by atoms with van der Waals surface area (Å²) in [5.74, 6) is 0. The van der Waals surface area contributed by atoms with Gasteiger partial charge in [-0.2, -0.15) is 4.31 Å². The number of hydrogen-bond donors (Lipinski definition) is 1. The topological polar surface area (TPSA) is 41.8 Å². The molecule has 1 fully saturated rings. The van der Waals surface area contributed by atoms with Crippen LogP contribution in [0.25, 0.3) is 10.8 Å². The van der Waals surface area contributed by atoms with Crippen molar-refractivity contribution < 1.29 is 13.3 Å². The molecule has 3 aromatic carbocycles. The van der Waals surface area contributed by atoms with E-state index < -0.39 is 10.0 Å². The normalized spacial score (nSPS) is 16.6. The summed E-state index contributed by atoms with van der Waals surface area (Å²) in [6.45, 7) is 3.57. The minimum absolute atomic E-state index is 0.377. The molecule has 1 N–H and O–H groups in total. The molecule has 0 atom stereocenters. The van der Waals surface area contributed by atoms with Gasteiger partial charge in [0.1, 0.15) is 6.54 Å². The Morgan fingerprint density at radius 3 is 2.26 bits per heavy atom. The lowest BCUT2D eigenvalue weighted by atomic mass is 10.1. The Balaban J connectivity index is 1.45. The van der Waals surface area contributed by atoms with Crippen molar-refractivity contribution in [3.05, 3.63) is 77.3 Å². The molecular formula is C21H22ClN2O2S+. The predicted molar refractivity (Wildman–Crippen MR) is 109 cm³/mol. The molecule has 1 saturated heterocycles. The maximum absolute atomic E-state index is 13.0. The second kappa shape index (κ2) is 7.60. The Morgan fingerprint density at radius 1 is 0.889 bits per heavy atom. The van der Waals surface area contributed by atoms with Gasteiger partial charge in [0.05, 0.1) is 31.1 Å². The first-order chi connectivity index (χ1) is 13.0. The van der Waals surface area contributed by atoms with Crippen LogP contribution >= 0.6 is 11.6 Å². The number of sulfonamides is 1. The number of benzene rings is 3. The number of quaternary nitrogens is 1. The van der Waals surface area contributed by atoms with Crippen LogP contribution in [0.3, 0.4) is 0 Å². The van der Waals surface area contributed by atoms with E-state index in [4.69, 9.17) is 11.6 Å². The molecule has 0 unspecified atom stereocenters. The van der Waals surface area contributed by atoms with Gasteiger partial charge in [-0.15, -0.1) is 0 Å². The Labute approximate surface area is 165 Å². The van der Waals surface area contributed by atoms with Crippen LogP contribution in [0.5, 0.6) is 0 Å². The van der Waals surface area contributed by atoms with Gasteiger partial charge in [-0.25, -0.2) is 8.42 Å². The van der Waals surface area contributed by atoms with E-state index in [-0.39, 0.29) is 0 Å². The molecule has 0 bridgehead atoms. The van der Waals surface area contributed by atoms with Gasteiger partial charge in [-0.3, -0.25) is 0 Å². The Morgan fingerprint density at radius 2 is 1.56 bits per heavy atom. The van der Waals surface area contributed by atoms with Gasteiger partial charge in [-0.1, -0.05) is 54.1 Å². The maximum atomic E-state index is 13.0. The molecule has 1 heterocycles. The van der Waals surface area contributed by atoms with Crippen LogP contribution in [0, 0.1) is 0 Å². The number of nitrogens with zero attached hydrogens (tertiary/aromatic N) is 1. The molecule has 0 aromatic heterocycles. The van der Waals surface area contributed by atoms with Crippen molar-refractivity contribution >= 4 is 32.4 Å². The van der Waals surface area contributed by atoms with E-state index in [1.54, 1.807) is 16.4 Å². The number of hydrogen-bond acceptors (Lipinski definition) is 2. The second-order valence-corrected chi connectivity index (χ2v) is 9.34. The lowest BCUT2D eigenvalue weighted by Crippen LogP contribution is -3.13. The smallest absolute Gasteiger partial charge is 0.243 e. The summed E-state index contributed by atoms with van der Waals surface area (Å²) < 4.78 is 27.7. The average Bonchev–Trinajstić information content (AvgIpc) is 2.70. The first-order valence-electron chi connectivity index (χ1n) is 9.09. The summed E-state index contributed by atoms with van der Waals surface area (Å²) in [4.78, 5) is 1.77. The SMILES string of the molecule is O=S(=O)(c1ccc2ccccc2c1)N1CC[NH+](Cc2ccc(Cl)cc2)CC1. The Hall–Kier alpha value is -1.92. The summed E-state index contributed by atoms with van der Waals surface area (Å²) in [5.41, 5.74) is 1.22. The first-order valence-corrected chi connectivity index (χ1v) is 10.9. The zero-order valence-corrected chi connectivity index (χ0v) is 16.5. The highest BCUT2D eigenvalue weighted by atomic mass is 35.5. The molecule has 0 spiro atoms. The van der Waals surface area contributed by atoms with Gasteiger partial charge in [0.25, 0.3) is 0 Å². The van der Waals surface area contributed by atoms with Gasteiger partial charge < -0.3 is 4.90 Å². The summed E-state index contributed by atoms with van der Waals surface area (Å²) in [5, 5.41) is 2.74. The first kappa shape index (κ1) is 18.4. The van der Waals surface area contributed by atoms with Crippen LogP contribution in [0.1, 0.15) is 5.56 Å². The van der Waals surface area contributed by atoms with Crippen molar-refractivity contribution in [2.75, 3.05) is 26.2 Å². The molecule has 1 aliphatic rings. The fourth-order valence-corrected chi connectivity index (χ4v) is 5.19. The Bertz CT molecular complexity index is 1040. The average molecular weight is 402 g/mol. The molecule has 140 valence electrons.